The van der Waals surface area contributed by atoms with Crippen LogP contribution in [0.1, 0.15) is 33.1 Å². The molecule has 0 aliphatic rings. The standard InChI is InChI=1S/C11H23NO3/c1-3-15-5-4-9(2)6-10(8-12)7-11(13)14/h9-10H,3-8,12H2,1-2H3,(H,13,14)/t9?,10-/m0/s1. The molecule has 0 fully saturated rings. The van der Waals surface area contributed by atoms with Crippen molar-refractivity contribution in [1.82, 2.24) is 0 Å². The van der Waals surface area contributed by atoms with Gasteiger partial charge in [-0.15, -0.1) is 0 Å². The number of carboxylic acid groups (broad SMARTS) is 1. The normalized spacial score (nSPS) is 14.9. The topological polar surface area (TPSA) is 72.5 Å². The summed E-state index contributed by atoms with van der Waals surface area (Å²) in [7, 11) is 0. The number of aliphatic carboxylic acids is 1. The van der Waals surface area contributed by atoms with Crippen molar-refractivity contribution >= 4 is 5.97 Å². The second-order valence-electron chi connectivity index (χ2n) is 4.03. The van der Waals surface area contributed by atoms with Gasteiger partial charge in [-0.2, -0.15) is 0 Å². The summed E-state index contributed by atoms with van der Waals surface area (Å²) in [4.78, 5) is 10.5. The number of ether oxygens (including phenoxy) is 1. The highest BCUT2D eigenvalue weighted by Gasteiger charge is 2.14. The third-order valence-electron chi connectivity index (χ3n) is 2.49. The fraction of sp³-hybridized carbons (Fsp3) is 0.909. The first kappa shape index (κ1) is 14.4. The van der Waals surface area contributed by atoms with Crippen LogP contribution < -0.4 is 5.73 Å². The zero-order valence-electron chi connectivity index (χ0n) is 9.74. The van der Waals surface area contributed by atoms with Gasteiger partial charge in [0.25, 0.3) is 0 Å². The minimum Gasteiger partial charge on any atom is -0.481 e. The van der Waals surface area contributed by atoms with E-state index in [2.05, 4.69) is 6.92 Å². The molecule has 4 heteroatoms. The average molecular weight is 217 g/mol. The molecule has 3 N–H and O–H groups in total. The van der Waals surface area contributed by atoms with Crippen molar-refractivity contribution in [1.29, 1.82) is 0 Å². The van der Waals surface area contributed by atoms with Gasteiger partial charge in [-0.25, -0.2) is 0 Å². The van der Waals surface area contributed by atoms with Crippen LogP contribution in [0.15, 0.2) is 0 Å². The van der Waals surface area contributed by atoms with Gasteiger partial charge in [0.2, 0.25) is 0 Å². The zero-order valence-corrected chi connectivity index (χ0v) is 9.74. The van der Waals surface area contributed by atoms with Crippen LogP contribution in [-0.2, 0) is 9.53 Å². The van der Waals surface area contributed by atoms with Gasteiger partial charge in [0.1, 0.15) is 0 Å². The summed E-state index contributed by atoms with van der Waals surface area (Å²) in [6, 6.07) is 0. The predicted octanol–water partition coefficient (Wildman–Crippen LogP) is 1.49. The fourth-order valence-electron chi connectivity index (χ4n) is 1.63. The van der Waals surface area contributed by atoms with Crippen molar-refractivity contribution < 1.29 is 14.6 Å². The monoisotopic (exact) mass is 217 g/mol. The second kappa shape index (κ2) is 8.68. The molecule has 0 saturated heterocycles. The largest absolute Gasteiger partial charge is 0.481 e. The first-order chi connectivity index (χ1) is 7.10. The molecule has 90 valence electrons. The lowest BCUT2D eigenvalue weighted by molar-refractivity contribution is -0.138. The Bertz CT molecular complexity index is 173. The molecule has 4 nitrogen and oxygen atoms in total. The van der Waals surface area contributed by atoms with Crippen LogP contribution in [0.2, 0.25) is 0 Å². The molecule has 0 saturated carbocycles. The quantitative estimate of drug-likeness (QED) is 0.574. The number of nitrogens with two attached hydrogens (primary N) is 1. The van der Waals surface area contributed by atoms with E-state index in [-0.39, 0.29) is 12.3 Å². The van der Waals surface area contributed by atoms with Gasteiger partial charge in [-0.3, -0.25) is 4.79 Å². The van der Waals surface area contributed by atoms with Gasteiger partial charge in [0.05, 0.1) is 0 Å². The molecule has 0 amide bonds. The van der Waals surface area contributed by atoms with E-state index in [1.165, 1.54) is 0 Å². The van der Waals surface area contributed by atoms with E-state index in [0.717, 1.165) is 26.1 Å². The van der Waals surface area contributed by atoms with E-state index in [0.29, 0.717) is 12.5 Å². The SMILES string of the molecule is CCOCCC(C)C[C@H](CN)CC(=O)O. The lowest BCUT2D eigenvalue weighted by atomic mass is 9.91. The molecule has 0 aromatic rings. The Morgan fingerprint density at radius 2 is 2.20 bits per heavy atom. The second-order valence-corrected chi connectivity index (χ2v) is 4.03. The van der Waals surface area contributed by atoms with E-state index < -0.39 is 5.97 Å². The first-order valence-corrected chi connectivity index (χ1v) is 5.59. The molecule has 0 radical (unpaired) electrons. The van der Waals surface area contributed by atoms with Crippen molar-refractivity contribution in [3.63, 3.8) is 0 Å². The van der Waals surface area contributed by atoms with Gasteiger partial charge in [-0.05, 0) is 38.1 Å². The lowest BCUT2D eigenvalue weighted by Gasteiger charge is -2.17. The summed E-state index contributed by atoms with van der Waals surface area (Å²) in [5.41, 5.74) is 5.53. The summed E-state index contributed by atoms with van der Waals surface area (Å²) in [6.07, 6.45) is 2.02. The van der Waals surface area contributed by atoms with Crippen LogP contribution in [0.4, 0.5) is 0 Å². The Morgan fingerprint density at radius 3 is 2.67 bits per heavy atom. The van der Waals surface area contributed by atoms with Gasteiger partial charge < -0.3 is 15.6 Å². The number of hydrogen-bond acceptors (Lipinski definition) is 3. The van der Waals surface area contributed by atoms with E-state index in [4.69, 9.17) is 15.6 Å². The molecule has 0 spiro atoms. The minimum atomic E-state index is -0.762. The third-order valence-corrected chi connectivity index (χ3v) is 2.49. The molecule has 1 unspecified atom stereocenters. The van der Waals surface area contributed by atoms with Gasteiger partial charge >= 0.3 is 5.97 Å². The molecular weight excluding hydrogens is 194 g/mol. The summed E-state index contributed by atoms with van der Waals surface area (Å²) in [5.74, 6) is -0.189. The summed E-state index contributed by atoms with van der Waals surface area (Å²) in [5, 5.41) is 8.66. The van der Waals surface area contributed by atoms with E-state index in [1.54, 1.807) is 0 Å². The van der Waals surface area contributed by atoms with Crippen LogP contribution >= 0.6 is 0 Å². The Hall–Kier alpha value is -0.610. The highest BCUT2D eigenvalue weighted by molar-refractivity contribution is 5.67. The van der Waals surface area contributed by atoms with Crippen LogP contribution in [0, 0.1) is 11.8 Å². The lowest BCUT2D eigenvalue weighted by Crippen LogP contribution is -2.21. The molecule has 0 aromatic carbocycles. The Morgan fingerprint density at radius 1 is 1.53 bits per heavy atom. The van der Waals surface area contributed by atoms with Gasteiger partial charge in [-0.1, -0.05) is 6.92 Å². The van der Waals surface area contributed by atoms with Gasteiger partial charge in [0.15, 0.2) is 0 Å². The predicted molar refractivity (Wildman–Crippen MR) is 59.7 cm³/mol. The van der Waals surface area contributed by atoms with Crippen LogP contribution in [0.25, 0.3) is 0 Å². The van der Waals surface area contributed by atoms with Crippen molar-refractivity contribution in [2.75, 3.05) is 19.8 Å². The van der Waals surface area contributed by atoms with E-state index in [9.17, 15) is 4.79 Å². The maximum atomic E-state index is 10.5. The van der Waals surface area contributed by atoms with Crippen molar-refractivity contribution in [2.45, 2.75) is 33.1 Å². The third kappa shape index (κ3) is 8.39. The van der Waals surface area contributed by atoms with Crippen molar-refractivity contribution in [3.05, 3.63) is 0 Å². The van der Waals surface area contributed by atoms with Crippen LogP contribution in [-0.4, -0.2) is 30.8 Å². The molecule has 15 heavy (non-hydrogen) atoms. The molecule has 0 aromatic heterocycles. The van der Waals surface area contributed by atoms with E-state index in [1.807, 2.05) is 6.92 Å². The summed E-state index contributed by atoms with van der Waals surface area (Å²) in [6.45, 7) is 6.02. The Kier molecular flexibility index (Phi) is 8.33. The smallest absolute Gasteiger partial charge is 0.303 e. The summed E-state index contributed by atoms with van der Waals surface area (Å²) < 4.78 is 5.25. The van der Waals surface area contributed by atoms with Crippen molar-refractivity contribution in [2.24, 2.45) is 17.6 Å². The number of carbonyl (C=O) groups is 1. The van der Waals surface area contributed by atoms with Gasteiger partial charge in [0, 0.05) is 19.6 Å². The molecule has 0 aliphatic heterocycles. The highest BCUT2D eigenvalue weighted by atomic mass is 16.5. The zero-order chi connectivity index (χ0) is 11.7. The Labute approximate surface area is 91.8 Å². The number of carboxylic acids is 1. The molecule has 2 atom stereocenters. The maximum Gasteiger partial charge on any atom is 0.303 e. The highest BCUT2D eigenvalue weighted by Crippen LogP contribution is 2.17. The fourth-order valence-corrected chi connectivity index (χ4v) is 1.63. The van der Waals surface area contributed by atoms with E-state index >= 15 is 0 Å². The number of hydrogen-bond donors (Lipinski definition) is 2. The maximum absolute atomic E-state index is 10.5. The average Bonchev–Trinajstić information content (AvgIpc) is 2.16. The molecule has 0 heterocycles. The van der Waals surface area contributed by atoms with Crippen molar-refractivity contribution in [3.8, 4) is 0 Å². The molecule has 0 rings (SSSR count). The number of rotatable bonds is 9. The Balaban J connectivity index is 3.69. The first-order valence-electron chi connectivity index (χ1n) is 5.59. The van der Waals surface area contributed by atoms with Crippen LogP contribution in [0.3, 0.4) is 0 Å². The molecular formula is C11H23NO3. The molecule has 0 aliphatic carbocycles. The van der Waals surface area contributed by atoms with Crippen LogP contribution in [0.5, 0.6) is 0 Å². The summed E-state index contributed by atoms with van der Waals surface area (Å²) >= 11 is 0. The molecule has 0 bridgehead atoms. The minimum absolute atomic E-state index is 0.0964.